The number of hydrogen-bond acceptors (Lipinski definition) is 3. The number of hydrogen-bond donors (Lipinski definition) is 1. The Kier molecular flexibility index (Phi) is 4.86. The smallest absolute Gasteiger partial charge is 0.304 e. The van der Waals surface area contributed by atoms with Gasteiger partial charge in [0.25, 0.3) is 0 Å². The fourth-order valence-electron chi connectivity index (χ4n) is 1.37. The summed E-state index contributed by atoms with van der Waals surface area (Å²) in [4.78, 5) is 10.5. The molecule has 1 N–H and O–H groups in total. The molecule has 0 aliphatic rings. The second-order valence-corrected chi connectivity index (χ2v) is 7.22. The maximum Gasteiger partial charge on any atom is 0.304 e. The standard InChI is InChI=1S/C11H12BrFO4S/c1-7(4-11(14)15)18(16,17)6-8-2-3-9(13)5-10(8)12/h2-3,5,7H,4,6H2,1H3,(H,14,15). The topological polar surface area (TPSA) is 71.4 Å². The Morgan fingerprint density at radius 3 is 2.61 bits per heavy atom. The highest BCUT2D eigenvalue weighted by molar-refractivity contribution is 9.10. The molecular formula is C11H12BrFO4S. The molecular weight excluding hydrogens is 327 g/mol. The third kappa shape index (κ3) is 4.06. The monoisotopic (exact) mass is 338 g/mol. The predicted octanol–water partition coefficient (Wildman–Crippen LogP) is 2.37. The van der Waals surface area contributed by atoms with E-state index in [4.69, 9.17) is 5.11 Å². The molecule has 1 aromatic rings. The largest absolute Gasteiger partial charge is 0.481 e. The quantitative estimate of drug-likeness (QED) is 0.894. The van der Waals surface area contributed by atoms with Crippen molar-refractivity contribution in [1.82, 2.24) is 0 Å². The van der Waals surface area contributed by atoms with Gasteiger partial charge in [0, 0.05) is 4.47 Å². The van der Waals surface area contributed by atoms with E-state index in [9.17, 15) is 17.6 Å². The molecule has 4 nitrogen and oxygen atoms in total. The first-order valence-corrected chi connectivity index (χ1v) is 7.60. The SMILES string of the molecule is CC(CC(=O)O)S(=O)(=O)Cc1ccc(F)cc1Br. The van der Waals surface area contributed by atoms with Crippen LogP contribution in [0.15, 0.2) is 22.7 Å². The van der Waals surface area contributed by atoms with Crippen LogP contribution in [0.2, 0.25) is 0 Å². The molecule has 0 amide bonds. The van der Waals surface area contributed by atoms with Crippen molar-refractivity contribution in [1.29, 1.82) is 0 Å². The summed E-state index contributed by atoms with van der Waals surface area (Å²) in [6.45, 7) is 1.35. The van der Waals surface area contributed by atoms with Crippen molar-refractivity contribution in [3.8, 4) is 0 Å². The van der Waals surface area contributed by atoms with Crippen LogP contribution in [0.1, 0.15) is 18.9 Å². The van der Waals surface area contributed by atoms with Crippen molar-refractivity contribution < 1.29 is 22.7 Å². The summed E-state index contributed by atoms with van der Waals surface area (Å²) in [5, 5.41) is 7.60. The fraction of sp³-hybridized carbons (Fsp3) is 0.364. The van der Waals surface area contributed by atoms with Crippen LogP contribution < -0.4 is 0 Å². The van der Waals surface area contributed by atoms with Crippen LogP contribution in [-0.4, -0.2) is 24.7 Å². The molecule has 1 rings (SSSR count). The van der Waals surface area contributed by atoms with Gasteiger partial charge in [-0.3, -0.25) is 4.79 Å². The number of rotatable bonds is 5. The van der Waals surface area contributed by atoms with E-state index < -0.39 is 33.3 Å². The van der Waals surface area contributed by atoms with Crippen LogP contribution >= 0.6 is 15.9 Å². The molecule has 18 heavy (non-hydrogen) atoms. The van der Waals surface area contributed by atoms with Gasteiger partial charge < -0.3 is 5.11 Å². The Hall–Kier alpha value is -0.950. The van der Waals surface area contributed by atoms with E-state index in [2.05, 4.69) is 15.9 Å². The van der Waals surface area contributed by atoms with E-state index in [1.165, 1.54) is 19.1 Å². The van der Waals surface area contributed by atoms with Gasteiger partial charge in [0.1, 0.15) is 5.82 Å². The Morgan fingerprint density at radius 2 is 2.11 bits per heavy atom. The van der Waals surface area contributed by atoms with Crippen LogP contribution in [-0.2, 0) is 20.4 Å². The molecule has 0 radical (unpaired) electrons. The zero-order chi connectivity index (χ0) is 13.9. The second-order valence-electron chi connectivity index (χ2n) is 3.95. The summed E-state index contributed by atoms with van der Waals surface area (Å²) in [5.41, 5.74) is 0.411. The number of carboxylic acid groups (broad SMARTS) is 1. The molecule has 0 saturated carbocycles. The number of aliphatic carboxylic acids is 1. The molecule has 1 aromatic carbocycles. The minimum absolute atomic E-state index is 0.317. The van der Waals surface area contributed by atoms with Gasteiger partial charge in [-0.2, -0.15) is 0 Å². The summed E-state index contributed by atoms with van der Waals surface area (Å²) in [6.07, 6.45) is -0.443. The Labute approximate surface area is 113 Å². The van der Waals surface area contributed by atoms with E-state index in [0.29, 0.717) is 10.0 Å². The molecule has 1 atom stereocenters. The lowest BCUT2D eigenvalue weighted by Gasteiger charge is -2.11. The number of carbonyl (C=O) groups is 1. The summed E-state index contributed by atoms with van der Waals surface area (Å²) in [5.74, 6) is -1.95. The lowest BCUT2D eigenvalue weighted by Crippen LogP contribution is -2.23. The summed E-state index contributed by atoms with van der Waals surface area (Å²) in [7, 11) is -3.58. The average Bonchev–Trinajstić information content (AvgIpc) is 2.21. The first-order chi connectivity index (χ1) is 8.22. The van der Waals surface area contributed by atoms with Crippen molar-refractivity contribution in [2.24, 2.45) is 0 Å². The van der Waals surface area contributed by atoms with Gasteiger partial charge in [0.15, 0.2) is 9.84 Å². The average molecular weight is 339 g/mol. The molecule has 0 bridgehead atoms. The van der Waals surface area contributed by atoms with E-state index in [1.807, 2.05) is 0 Å². The van der Waals surface area contributed by atoms with Crippen molar-refractivity contribution in [2.75, 3.05) is 0 Å². The highest BCUT2D eigenvalue weighted by atomic mass is 79.9. The number of benzene rings is 1. The lowest BCUT2D eigenvalue weighted by atomic mass is 10.2. The maximum atomic E-state index is 12.9. The number of sulfone groups is 1. The zero-order valence-corrected chi connectivity index (χ0v) is 12.0. The third-order valence-electron chi connectivity index (χ3n) is 2.45. The van der Waals surface area contributed by atoms with Crippen molar-refractivity contribution >= 4 is 31.7 Å². The van der Waals surface area contributed by atoms with Gasteiger partial charge in [0.2, 0.25) is 0 Å². The summed E-state index contributed by atoms with van der Waals surface area (Å²) < 4.78 is 37.0. The molecule has 0 heterocycles. The van der Waals surface area contributed by atoms with E-state index in [-0.39, 0.29) is 5.75 Å². The molecule has 0 aromatic heterocycles. The van der Waals surface area contributed by atoms with Gasteiger partial charge in [-0.25, -0.2) is 12.8 Å². The van der Waals surface area contributed by atoms with Gasteiger partial charge in [-0.05, 0) is 24.6 Å². The van der Waals surface area contributed by atoms with E-state index in [0.717, 1.165) is 6.07 Å². The summed E-state index contributed by atoms with van der Waals surface area (Å²) >= 11 is 3.08. The molecule has 1 unspecified atom stereocenters. The highest BCUT2D eigenvalue weighted by Crippen LogP contribution is 2.22. The van der Waals surface area contributed by atoms with Crippen molar-refractivity contribution in [3.63, 3.8) is 0 Å². The molecule has 0 aliphatic carbocycles. The van der Waals surface area contributed by atoms with Crippen LogP contribution in [0.3, 0.4) is 0 Å². The van der Waals surface area contributed by atoms with Gasteiger partial charge in [-0.1, -0.05) is 22.0 Å². The Morgan fingerprint density at radius 1 is 1.50 bits per heavy atom. The Bertz CT molecular complexity index is 556. The van der Waals surface area contributed by atoms with E-state index >= 15 is 0 Å². The Balaban J connectivity index is 2.92. The third-order valence-corrected chi connectivity index (χ3v) is 5.29. The lowest BCUT2D eigenvalue weighted by molar-refractivity contribution is -0.136. The minimum atomic E-state index is -3.58. The van der Waals surface area contributed by atoms with Crippen LogP contribution in [0, 0.1) is 5.82 Å². The van der Waals surface area contributed by atoms with E-state index in [1.54, 1.807) is 0 Å². The maximum absolute atomic E-state index is 12.9. The molecule has 0 saturated heterocycles. The molecule has 7 heteroatoms. The number of carboxylic acids is 1. The summed E-state index contributed by atoms with van der Waals surface area (Å²) in [6, 6.07) is 3.70. The van der Waals surface area contributed by atoms with Gasteiger partial charge in [-0.15, -0.1) is 0 Å². The van der Waals surface area contributed by atoms with Crippen LogP contribution in [0.25, 0.3) is 0 Å². The fourth-order valence-corrected chi connectivity index (χ4v) is 3.41. The van der Waals surface area contributed by atoms with Crippen molar-refractivity contribution in [3.05, 3.63) is 34.1 Å². The number of halogens is 2. The van der Waals surface area contributed by atoms with Crippen LogP contribution in [0.4, 0.5) is 4.39 Å². The van der Waals surface area contributed by atoms with Crippen molar-refractivity contribution in [2.45, 2.75) is 24.3 Å². The molecule has 0 aliphatic heterocycles. The normalized spacial score (nSPS) is 13.3. The first kappa shape index (κ1) is 15.1. The zero-order valence-electron chi connectivity index (χ0n) is 9.56. The second kappa shape index (κ2) is 5.79. The first-order valence-electron chi connectivity index (χ1n) is 5.09. The van der Waals surface area contributed by atoms with Crippen LogP contribution in [0.5, 0.6) is 0 Å². The molecule has 0 spiro atoms. The highest BCUT2D eigenvalue weighted by Gasteiger charge is 2.24. The molecule has 0 fully saturated rings. The van der Waals surface area contributed by atoms with Gasteiger partial charge >= 0.3 is 5.97 Å². The minimum Gasteiger partial charge on any atom is -0.481 e. The van der Waals surface area contributed by atoms with Gasteiger partial charge in [0.05, 0.1) is 17.4 Å². The predicted molar refractivity (Wildman–Crippen MR) is 68.4 cm³/mol. The molecule has 100 valence electrons.